The molecule has 1 amide bonds. The van der Waals surface area contributed by atoms with Gasteiger partial charge in [0.05, 0.1) is 5.56 Å². The van der Waals surface area contributed by atoms with Gasteiger partial charge in [-0.2, -0.15) is 0 Å². The van der Waals surface area contributed by atoms with Crippen molar-refractivity contribution in [3.05, 3.63) is 58.6 Å². The molecule has 0 aliphatic carbocycles. The molecule has 2 aromatic rings. The second-order valence-corrected chi connectivity index (χ2v) is 4.41. The maximum absolute atomic E-state index is 12.0. The van der Waals surface area contributed by atoms with E-state index < -0.39 is 0 Å². The van der Waals surface area contributed by atoms with Crippen molar-refractivity contribution < 1.29 is 4.79 Å². The highest BCUT2D eigenvalue weighted by Gasteiger charge is 2.09. The summed E-state index contributed by atoms with van der Waals surface area (Å²) < 4.78 is 0. The first-order chi connectivity index (χ1) is 8.58. The van der Waals surface area contributed by atoms with E-state index in [1.165, 1.54) is 0 Å². The molecule has 0 saturated heterocycles. The predicted molar refractivity (Wildman–Crippen MR) is 75.0 cm³/mol. The third-order valence-electron chi connectivity index (χ3n) is 2.64. The van der Waals surface area contributed by atoms with E-state index >= 15 is 0 Å². The summed E-state index contributed by atoms with van der Waals surface area (Å²) in [4.78, 5) is 12.0. The van der Waals surface area contributed by atoms with Gasteiger partial charge in [-0.25, -0.2) is 0 Å². The van der Waals surface area contributed by atoms with Gasteiger partial charge in [-0.15, -0.1) is 0 Å². The highest BCUT2D eigenvalue weighted by molar-refractivity contribution is 6.31. The molecule has 0 radical (unpaired) electrons. The summed E-state index contributed by atoms with van der Waals surface area (Å²) in [6.45, 7) is 1.91. The number of hydrogen-bond donors (Lipinski definition) is 2. The van der Waals surface area contributed by atoms with Gasteiger partial charge in [-0.05, 0) is 36.8 Å². The summed E-state index contributed by atoms with van der Waals surface area (Å²) in [7, 11) is 0. The Hall–Kier alpha value is -2.00. The Balaban J connectivity index is 2.22. The Kier molecular flexibility index (Phi) is 3.53. The molecule has 92 valence electrons. The van der Waals surface area contributed by atoms with Gasteiger partial charge in [0.2, 0.25) is 0 Å². The molecule has 0 saturated carbocycles. The quantitative estimate of drug-likeness (QED) is 0.812. The lowest BCUT2D eigenvalue weighted by Gasteiger charge is -2.08. The van der Waals surface area contributed by atoms with Crippen molar-refractivity contribution in [2.24, 2.45) is 0 Å². The van der Waals surface area contributed by atoms with Gasteiger partial charge in [-0.3, -0.25) is 4.79 Å². The maximum Gasteiger partial charge on any atom is 0.257 e. The highest BCUT2D eigenvalue weighted by Crippen LogP contribution is 2.21. The Morgan fingerprint density at radius 3 is 2.61 bits per heavy atom. The Morgan fingerprint density at radius 2 is 1.94 bits per heavy atom. The van der Waals surface area contributed by atoms with E-state index in [0.717, 1.165) is 5.56 Å². The van der Waals surface area contributed by atoms with Gasteiger partial charge < -0.3 is 11.1 Å². The van der Waals surface area contributed by atoms with E-state index in [4.69, 9.17) is 17.3 Å². The molecule has 0 atom stereocenters. The molecule has 0 aromatic heterocycles. The molecule has 0 aliphatic rings. The van der Waals surface area contributed by atoms with Gasteiger partial charge in [0.15, 0.2) is 0 Å². The van der Waals surface area contributed by atoms with E-state index in [0.29, 0.717) is 22.0 Å². The predicted octanol–water partition coefficient (Wildman–Crippen LogP) is 3.48. The van der Waals surface area contributed by atoms with Crippen LogP contribution < -0.4 is 11.1 Å². The molecular weight excluding hydrogens is 248 g/mol. The van der Waals surface area contributed by atoms with Crippen LogP contribution in [-0.2, 0) is 0 Å². The number of halogens is 1. The second kappa shape index (κ2) is 5.10. The lowest BCUT2D eigenvalue weighted by molar-refractivity contribution is 0.102. The fraction of sp³-hybridized carbons (Fsp3) is 0.0714. The van der Waals surface area contributed by atoms with Gasteiger partial charge in [0, 0.05) is 16.4 Å². The summed E-state index contributed by atoms with van der Waals surface area (Å²) in [5.74, 6) is -0.243. The number of anilines is 2. The van der Waals surface area contributed by atoms with Crippen LogP contribution in [0.15, 0.2) is 42.5 Å². The second-order valence-electron chi connectivity index (χ2n) is 4.01. The minimum absolute atomic E-state index is 0.243. The van der Waals surface area contributed by atoms with Crippen molar-refractivity contribution in [2.45, 2.75) is 6.92 Å². The fourth-order valence-electron chi connectivity index (χ4n) is 1.57. The molecule has 4 heteroatoms. The van der Waals surface area contributed by atoms with Crippen LogP contribution >= 0.6 is 11.6 Å². The number of benzene rings is 2. The van der Waals surface area contributed by atoms with E-state index in [-0.39, 0.29) is 5.91 Å². The summed E-state index contributed by atoms with van der Waals surface area (Å²) in [6.07, 6.45) is 0. The zero-order valence-electron chi connectivity index (χ0n) is 9.91. The van der Waals surface area contributed by atoms with Crippen LogP contribution in [0.25, 0.3) is 0 Å². The standard InChI is InChI=1S/C14H13ClN2O/c1-9-6-7-10(8-12(9)15)17-14(18)11-4-2-3-5-13(11)16/h2-8H,16H2,1H3,(H,17,18). The summed E-state index contributed by atoms with van der Waals surface area (Å²) in [5.41, 5.74) is 8.27. The SMILES string of the molecule is Cc1ccc(NC(=O)c2ccccc2N)cc1Cl. The summed E-state index contributed by atoms with van der Waals surface area (Å²) >= 11 is 6.00. The van der Waals surface area contributed by atoms with Gasteiger partial charge in [-0.1, -0.05) is 29.8 Å². The number of carbonyl (C=O) groups excluding carboxylic acids is 1. The zero-order valence-corrected chi connectivity index (χ0v) is 10.7. The van der Waals surface area contributed by atoms with Crippen LogP contribution in [-0.4, -0.2) is 5.91 Å². The van der Waals surface area contributed by atoms with Crippen molar-refractivity contribution in [1.29, 1.82) is 0 Å². The normalized spacial score (nSPS) is 10.1. The number of hydrogen-bond acceptors (Lipinski definition) is 2. The number of nitrogens with one attached hydrogen (secondary N) is 1. The molecule has 0 spiro atoms. The number of para-hydroxylation sites is 1. The Bertz CT molecular complexity index is 596. The maximum atomic E-state index is 12.0. The molecule has 0 unspecified atom stereocenters. The van der Waals surface area contributed by atoms with Crippen LogP contribution in [0.5, 0.6) is 0 Å². The molecule has 0 heterocycles. The topological polar surface area (TPSA) is 55.1 Å². The van der Waals surface area contributed by atoms with Crippen LogP contribution in [0.3, 0.4) is 0 Å². The molecule has 2 rings (SSSR count). The van der Waals surface area contributed by atoms with Crippen LogP contribution in [0.2, 0.25) is 5.02 Å². The first kappa shape index (κ1) is 12.5. The highest BCUT2D eigenvalue weighted by atomic mass is 35.5. The third-order valence-corrected chi connectivity index (χ3v) is 3.04. The van der Waals surface area contributed by atoms with Crippen molar-refractivity contribution >= 4 is 28.9 Å². The molecule has 18 heavy (non-hydrogen) atoms. The fourth-order valence-corrected chi connectivity index (χ4v) is 1.75. The van der Waals surface area contributed by atoms with Crippen LogP contribution in [0, 0.1) is 6.92 Å². The van der Waals surface area contributed by atoms with E-state index in [1.807, 2.05) is 13.0 Å². The average Bonchev–Trinajstić information content (AvgIpc) is 2.34. The number of aryl methyl sites for hydroxylation is 1. The van der Waals surface area contributed by atoms with Gasteiger partial charge in [0.1, 0.15) is 0 Å². The molecule has 0 fully saturated rings. The van der Waals surface area contributed by atoms with Crippen molar-refractivity contribution in [3.8, 4) is 0 Å². The molecule has 0 bridgehead atoms. The average molecular weight is 261 g/mol. The molecule has 0 aliphatic heterocycles. The van der Waals surface area contributed by atoms with E-state index in [2.05, 4.69) is 5.32 Å². The smallest absolute Gasteiger partial charge is 0.257 e. The molecule has 3 N–H and O–H groups in total. The monoisotopic (exact) mass is 260 g/mol. The Morgan fingerprint density at radius 1 is 1.22 bits per heavy atom. The molecule has 2 aromatic carbocycles. The first-order valence-electron chi connectivity index (χ1n) is 5.50. The van der Waals surface area contributed by atoms with Crippen molar-refractivity contribution in [1.82, 2.24) is 0 Å². The van der Waals surface area contributed by atoms with Gasteiger partial charge >= 0.3 is 0 Å². The number of rotatable bonds is 2. The lowest BCUT2D eigenvalue weighted by Crippen LogP contribution is -2.13. The number of carbonyl (C=O) groups is 1. The van der Waals surface area contributed by atoms with Gasteiger partial charge in [0.25, 0.3) is 5.91 Å². The molecule has 3 nitrogen and oxygen atoms in total. The largest absolute Gasteiger partial charge is 0.398 e. The molecular formula is C14H13ClN2O. The van der Waals surface area contributed by atoms with E-state index in [9.17, 15) is 4.79 Å². The van der Waals surface area contributed by atoms with Crippen LogP contribution in [0.1, 0.15) is 15.9 Å². The third kappa shape index (κ3) is 2.63. The Labute approximate surface area is 111 Å². The van der Waals surface area contributed by atoms with Crippen molar-refractivity contribution in [3.63, 3.8) is 0 Å². The number of amides is 1. The zero-order chi connectivity index (χ0) is 13.1. The number of nitrogen functional groups attached to an aromatic ring is 1. The van der Waals surface area contributed by atoms with Crippen LogP contribution in [0.4, 0.5) is 11.4 Å². The minimum atomic E-state index is -0.243. The van der Waals surface area contributed by atoms with Crippen molar-refractivity contribution in [2.75, 3.05) is 11.1 Å². The summed E-state index contributed by atoms with van der Waals surface area (Å²) in [5, 5.41) is 3.38. The first-order valence-corrected chi connectivity index (χ1v) is 5.88. The number of nitrogens with two attached hydrogens (primary N) is 1. The minimum Gasteiger partial charge on any atom is -0.398 e. The van der Waals surface area contributed by atoms with E-state index in [1.54, 1.807) is 36.4 Å². The lowest BCUT2D eigenvalue weighted by atomic mass is 10.1. The summed E-state index contributed by atoms with van der Waals surface area (Å²) in [6, 6.07) is 12.3.